The summed E-state index contributed by atoms with van der Waals surface area (Å²) in [6.45, 7) is 5.63. The van der Waals surface area contributed by atoms with Gasteiger partial charge >= 0.3 is 0 Å². The zero-order chi connectivity index (χ0) is 17.8. The van der Waals surface area contributed by atoms with E-state index in [1.165, 1.54) is 0 Å². The largest absolute Gasteiger partial charge is 0.375 e. The van der Waals surface area contributed by atoms with E-state index in [-0.39, 0.29) is 24.0 Å². The molecule has 0 unspecified atom stereocenters. The van der Waals surface area contributed by atoms with Crippen LogP contribution in [0.25, 0.3) is 0 Å². The van der Waals surface area contributed by atoms with Gasteiger partial charge in [0.05, 0.1) is 12.7 Å². The Hall–Kier alpha value is -1.63. The first kappa shape index (κ1) is 18.2. The number of nitrogens with one attached hydrogen (secondary N) is 1. The average molecular weight is 366 g/mol. The number of morpholine rings is 1. The summed E-state index contributed by atoms with van der Waals surface area (Å²) in [5.74, 6) is 0.0476. The molecule has 2 atom stereocenters. The summed E-state index contributed by atoms with van der Waals surface area (Å²) < 4.78 is 5.58. The number of nitrogens with zero attached hydrogens (tertiary/aromatic N) is 2. The van der Waals surface area contributed by atoms with Crippen LogP contribution >= 0.6 is 11.6 Å². The number of hydrogen-bond acceptors (Lipinski definition) is 4. The Bertz CT molecular complexity index is 622. The van der Waals surface area contributed by atoms with E-state index in [4.69, 9.17) is 16.3 Å². The molecule has 0 saturated carbocycles. The molecule has 2 amide bonds. The first-order chi connectivity index (χ1) is 12.1. The van der Waals surface area contributed by atoms with Gasteiger partial charge in [0.1, 0.15) is 6.04 Å². The van der Waals surface area contributed by atoms with Crippen molar-refractivity contribution < 1.29 is 14.3 Å². The van der Waals surface area contributed by atoms with Crippen LogP contribution in [0.4, 0.5) is 0 Å². The van der Waals surface area contributed by atoms with Gasteiger partial charge in [0.2, 0.25) is 5.91 Å². The number of ether oxygens (including phenoxy) is 1. The van der Waals surface area contributed by atoms with Gasteiger partial charge in [0.15, 0.2) is 0 Å². The first-order valence-corrected chi connectivity index (χ1v) is 9.12. The number of rotatable bonds is 2. The second kappa shape index (κ2) is 8.17. The second-order valence-corrected chi connectivity index (χ2v) is 6.92. The van der Waals surface area contributed by atoms with Crippen molar-refractivity contribution in [3.8, 4) is 0 Å². The van der Waals surface area contributed by atoms with Crippen LogP contribution in [0, 0.1) is 0 Å². The Morgan fingerprint density at radius 2 is 1.80 bits per heavy atom. The van der Waals surface area contributed by atoms with Gasteiger partial charge < -0.3 is 19.9 Å². The fourth-order valence-corrected chi connectivity index (χ4v) is 3.45. The van der Waals surface area contributed by atoms with Crippen molar-refractivity contribution >= 4 is 23.4 Å². The quantitative estimate of drug-likeness (QED) is 0.860. The molecular formula is C18H24ClN3O3. The van der Waals surface area contributed by atoms with E-state index in [9.17, 15) is 9.59 Å². The van der Waals surface area contributed by atoms with E-state index in [1.54, 1.807) is 24.3 Å². The Morgan fingerprint density at radius 1 is 1.12 bits per heavy atom. The molecule has 6 nitrogen and oxygen atoms in total. The van der Waals surface area contributed by atoms with Crippen LogP contribution in [0.15, 0.2) is 24.3 Å². The molecule has 0 radical (unpaired) electrons. The molecule has 3 rings (SSSR count). The maximum Gasteiger partial charge on any atom is 0.253 e. The van der Waals surface area contributed by atoms with E-state index in [0.717, 1.165) is 6.42 Å². The van der Waals surface area contributed by atoms with Gasteiger partial charge in [-0.3, -0.25) is 9.59 Å². The van der Waals surface area contributed by atoms with Crippen molar-refractivity contribution in [3.05, 3.63) is 34.9 Å². The zero-order valence-corrected chi connectivity index (χ0v) is 15.2. The number of halogens is 1. The first-order valence-electron chi connectivity index (χ1n) is 8.75. The summed E-state index contributed by atoms with van der Waals surface area (Å²) in [7, 11) is 0. The molecule has 0 spiro atoms. The standard InChI is InChI=1S/C18H24ClN3O3/c1-13-16(20-7-12-25-13)18(24)22-9-2-8-21(10-11-22)17(23)14-3-5-15(19)6-4-14/h3-6,13,16,20H,2,7-12H2,1H3/t13-,16+/m1/s1. The SMILES string of the molecule is C[C@H]1OCCN[C@@H]1C(=O)N1CCCN(C(=O)c2ccc(Cl)cc2)CC1. The molecule has 7 heteroatoms. The van der Waals surface area contributed by atoms with Gasteiger partial charge in [-0.05, 0) is 37.6 Å². The third kappa shape index (κ3) is 4.32. The van der Waals surface area contributed by atoms with Gasteiger partial charge in [-0.2, -0.15) is 0 Å². The minimum absolute atomic E-state index is 0.0153. The number of carbonyl (C=O) groups is 2. The lowest BCUT2D eigenvalue weighted by Gasteiger charge is -2.33. The summed E-state index contributed by atoms with van der Waals surface area (Å²) in [5, 5.41) is 3.85. The van der Waals surface area contributed by atoms with E-state index in [1.807, 2.05) is 16.7 Å². The molecule has 0 bridgehead atoms. The normalized spacial score (nSPS) is 24.7. The summed E-state index contributed by atoms with van der Waals surface area (Å²) in [6, 6.07) is 6.62. The molecule has 2 aliphatic rings. The fourth-order valence-electron chi connectivity index (χ4n) is 3.32. The Labute approximate surface area is 153 Å². The minimum Gasteiger partial charge on any atom is -0.375 e. The van der Waals surface area contributed by atoms with Gasteiger partial charge in [0.25, 0.3) is 5.91 Å². The van der Waals surface area contributed by atoms with Gasteiger partial charge in [-0.25, -0.2) is 0 Å². The van der Waals surface area contributed by atoms with Crippen LogP contribution in [-0.2, 0) is 9.53 Å². The third-order valence-electron chi connectivity index (χ3n) is 4.77. The van der Waals surface area contributed by atoms with E-state index >= 15 is 0 Å². The highest BCUT2D eigenvalue weighted by molar-refractivity contribution is 6.30. The van der Waals surface area contributed by atoms with Crippen LogP contribution < -0.4 is 5.32 Å². The molecule has 25 heavy (non-hydrogen) atoms. The zero-order valence-electron chi connectivity index (χ0n) is 14.4. The molecule has 2 aliphatic heterocycles. The fraction of sp³-hybridized carbons (Fsp3) is 0.556. The predicted octanol–water partition coefficient (Wildman–Crippen LogP) is 1.39. The predicted molar refractivity (Wildman–Crippen MR) is 95.8 cm³/mol. The van der Waals surface area contributed by atoms with Crippen LogP contribution in [0.2, 0.25) is 5.02 Å². The topological polar surface area (TPSA) is 61.9 Å². The van der Waals surface area contributed by atoms with Gasteiger partial charge in [0, 0.05) is 43.3 Å². The third-order valence-corrected chi connectivity index (χ3v) is 5.02. The molecule has 1 N–H and O–H groups in total. The number of benzene rings is 1. The van der Waals surface area contributed by atoms with Crippen molar-refractivity contribution in [3.63, 3.8) is 0 Å². The van der Waals surface area contributed by atoms with Crippen molar-refractivity contribution in [2.45, 2.75) is 25.5 Å². The highest BCUT2D eigenvalue weighted by Crippen LogP contribution is 2.15. The highest BCUT2D eigenvalue weighted by atomic mass is 35.5. The molecule has 0 aromatic heterocycles. The van der Waals surface area contributed by atoms with Gasteiger partial charge in [-0.15, -0.1) is 0 Å². The van der Waals surface area contributed by atoms with Crippen LogP contribution in [-0.4, -0.2) is 73.1 Å². The summed E-state index contributed by atoms with van der Waals surface area (Å²) in [5.41, 5.74) is 0.625. The molecule has 2 fully saturated rings. The average Bonchev–Trinajstić information content (AvgIpc) is 2.88. The van der Waals surface area contributed by atoms with E-state index < -0.39 is 0 Å². The lowest BCUT2D eigenvalue weighted by atomic mass is 10.1. The summed E-state index contributed by atoms with van der Waals surface area (Å²) in [4.78, 5) is 29.1. The maximum absolute atomic E-state index is 12.8. The monoisotopic (exact) mass is 365 g/mol. The molecule has 2 saturated heterocycles. The van der Waals surface area contributed by atoms with Crippen molar-refractivity contribution in [1.82, 2.24) is 15.1 Å². The summed E-state index contributed by atoms with van der Waals surface area (Å²) >= 11 is 5.88. The van der Waals surface area contributed by atoms with Crippen LogP contribution in [0.5, 0.6) is 0 Å². The number of amides is 2. The Balaban J connectivity index is 1.61. The van der Waals surface area contributed by atoms with Crippen molar-refractivity contribution in [2.24, 2.45) is 0 Å². The second-order valence-electron chi connectivity index (χ2n) is 6.49. The maximum atomic E-state index is 12.8. The van der Waals surface area contributed by atoms with E-state index in [0.29, 0.717) is 49.9 Å². The highest BCUT2D eigenvalue weighted by Gasteiger charge is 2.33. The van der Waals surface area contributed by atoms with Crippen molar-refractivity contribution in [1.29, 1.82) is 0 Å². The van der Waals surface area contributed by atoms with Crippen LogP contribution in [0.3, 0.4) is 0 Å². The molecule has 1 aromatic rings. The van der Waals surface area contributed by atoms with E-state index in [2.05, 4.69) is 5.32 Å². The molecule has 136 valence electrons. The molecule has 2 heterocycles. The Kier molecular flexibility index (Phi) is 5.93. The number of carbonyl (C=O) groups excluding carboxylic acids is 2. The number of hydrogen-bond donors (Lipinski definition) is 1. The molecular weight excluding hydrogens is 342 g/mol. The lowest BCUT2D eigenvalue weighted by Crippen LogP contribution is -2.56. The van der Waals surface area contributed by atoms with Gasteiger partial charge in [-0.1, -0.05) is 11.6 Å². The minimum atomic E-state index is -0.299. The molecule has 0 aliphatic carbocycles. The summed E-state index contributed by atoms with van der Waals surface area (Å²) in [6.07, 6.45) is 0.642. The molecule has 1 aromatic carbocycles. The lowest BCUT2D eigenvalue weighted by molar-refractivity contribution is -0.139. The van der Waals surface area contributed by atoms with Crippen LogP contribution in [0.1, 0.15) is 23.7 Å². The Morgan fingerprint density at radius 3 is 2.52 bits per heavy atom. The van der Waals surface area contributed by atoms with Crippen molar-refractivity contribution in [2.75, 3.05) is 39.3 Å². The smallest absolute Gasteiger partial charge is 0.253 e.